The van der Waals surface area contributed by atoms with Crippen molar-refractivity contribution in [2.75, 3.05) is 13.2 Å². The molecule has 0 saturated carbocycles. The number of carbonyl (C=O) groups excluding carboxylic acids is 2. The quantitative estimate of drug-likeness (QED) is 0.644. The fourth-order valence-electron chi connectivity index (χ4n) is 1.25. The van der Waals surface area contributed by atoms with Crippen molar-refractivity contribution in [3.05, 3.63) is 29.8 Å². The lowest BCUT2D eigenvalue weighted by atomic mass is 10.2. The maximum atomic E-state index is 11.3. The van der Waals surface area contributed by atoms with Crippen LogP contribution in [-0.2, 0) is 4.79 Å². The van der Waals surface area contributed by atoms with Crippen molar-refractivity contribution in [1.29, 1.82) is 0 Å². The molecule has 2 amide bonds. The second-order valence-corrected chi connectivity index (χ2v) is 3.80. The van der Waals surface area contributed by atoms with Gasteiger partial charge < -0.3 is 20.9 Å². The number of carbonyl (C=O) groups is 2. The minimum atomic E-state index is -0.619. The van der Waals surface area contributed by atoms with Crippen LogP contribution in [0.3, 0.4) is 0 Å². The summed E-state index contributed by atoms with van der Waals surface area (Å²) in [7, 11) is 0. The smallest absolute Gasteiger partial charge is 0.258 e. The highest BCUT2D eigenvalue weighted by molar-refractivity contribution is 5.95. The second-order valence-electron chi connectivity index (χ2n) is 3.80. The Morgan fingerprint density at radius 2 is 2.11 bits per heavy atom. The van der Waals surface area contributed by atoms with Gasteiger partial charge in [0.1, 0.15) is 5.75 Å². The summed E-state index contributed by atoms with van der Waals surface area (Å²) in [4.78, 5) is 22.4. The van der Waals surface area contributed by atoms with Gasteiger partial charge in [-0.1, -0.05) is 12.1 Å². The lowest BCUT2D eigenvalue weighted by molar-refractivity contribution is -0.123. The van der Waals surface area contributed by atoms with Crippen LogP contribution in [0.2, 0.25) is 0 Å². The van der Waals surface area contributed by atoms with Gasteiger partial charge in [0.2, 0.25) is 0 Å². The molecule has 0 aliphatic heterocycles. The average Bonchev–Trinajstić information content (AvgIpc) is 2.34. The van der Waals surface area contributed by atoms with Gasteiger partial charge >= 0.3 is 0 Å². The van der Waals surface area contributed by atoms with Gasteiger partial charge in [-0.3, -0.25) is 9.59 Å². The van der Waals surface area contributed by atoms with Crippen molar-refractivity contribution < 1.29 is 19.4 Å². The Morgan fingerprint density at radius 1 is 1.44 bits per heavy atom. The van der Waals surface area contributed by atoms with E-state index in [4.69, 9.17) is 15.6 Å². The zero-order valence-electron chi connectivity index (χ0n) is 10.1. The van der Waals surface area contributed by atoms with Crippen LogP contribution in [0.1, 0.15) is 17.3 Å². The van der Waals surface area contributed by atoms with Crippen LogP contribution in [-0.4, -0.2) is 36.2 Å². The molecule has 6 heteroatoms. The summed E-state index contributed by atoms with van der Waals surface area (Å²) in [5.41, 5.74) is 5.39. The highest BCUT2D eigenvalue weighted by Gasteiger charge is 2.10. The number of primary amides is 1. The molecule has 0 radical (unpaired) electrons. The van der Waals surface area contributed by atoms with Crippen LogP contribution in [0, 0.1) is 0 Å². The van der Waals surface area contributed by atoms with Crippen molar-refractivity contribution >= 4 is 11.8 Å². The molecule has 4 N–H and O–H groups in total. The molecule has 18 heavy (non-hydrogen) atoms. The standard InChI is InChI=1S/C12H16N2O4/c1-8(15)6-14-11(16)7-18-10-5-3-2-4-9(10)12(13)17/h2-5,8,15H,6-7H2,1H3,(H2,13,17)(H,14,16)/t8-/m0/s1. The van der Waals surface area contributed by atoms with Gasteiger partial charge in [-0.15, -0.1) is 0 Å². The lowest BCUT2D eigenvalue weighted by Crippen LogP contribution is -2.34. The Kier molecular flexibility index (Phi) is 5.13. The SMILES string of the molecule is C[C@H](O)CNC(=O)COc1ccccc1C(N)=O. The first-order chi connectivity index (χ1) is 8.50. The fraction of sp³-hybridized carbons (Fsp3) is 0.333. The predicted octanol–water partition coefficient (Wildman–Crippen LogP) is -0.339. The van der Waals surface area contributed by atoms with E-state index in [2.05, 4.69) is 5.32 Å². The Balaban J connectivity index is 2.53. The molecule has 6 nitrogen and oxygen atoms in total. The number of para-hydroxylation sites is 1. The normalized spacial score (nSPS) is 11.7. The summed E-state index contributed by atoms with van der Waals surface area (Å²) in [6.45, 7) is 1.47. The molecule has 0 fully saturated rings. The molecular weight excluding hydrogens is 236 g/mol. The molecule has 0 aliphatic carbocycles. The molecular formula is C12H16N2O4. The summed E-state index contributed by atoms with van der Waals surface area (Å²) in [5, 5.41) is 11.5. The van der Waals surface area contributed by atoms with E-state index in [0.29, 0.717) is 0 Å². The van der Waals surface area contributed by atoms with Crippen LogP contribution < -0.4 is 15.8 Å². The molecule has 0 aliphatic rings. The van der Waals surface area contributed by atoms with Gasteiger partial charge in [0, 0.05) is 6.54 Å². The summed E-state index contributed by atoms with van der Waals surface area (Å²) in [5.74, 6) is -0.734. The number of benzene rings is 1. The van der Waals surface area contributed by atoms with Crippen molar-refractivity contribution in [3.8, 4) is 5.75 Å². The molecule has 0 spiro atoms. The third kappa shape index (κ3) is 4.42. The second kappa shape index (κ2) is 6.61. The van der Waals surface area contributed by atoms with E-state index >= 15 is 0 Å². The maximum Gasteiger partial charge on any atom is 0.258 e. The number of nitrogens with two attached hydrogens (primary N) is 1. The highest BCUT2D eigenvalue weighted by Crippen LogP contribution is 2.16. The average molecular weight is 252 g/mol. The summed E-state index contributed by atoms with van der Waals surface area (Å²) in [6.07, 6.45) is -0.619. The third-order valence-corrected chi connectivity index (χ3v) is 2.11. The molecule has 1 atom stereocenters. The maximum absolute atomic E-state index is 11.3. The highest BCUT2D eigenvalue weighted by atomic mass is 16.5. The Hall–Kier alpha value is -2.08. The van der Waals surface area contributed by atoms with E-state index in [1.165, 1.54) is 6.07 Å². The minimum Gasteiger partial charge on any atom is -0.483 e. The monoisotopic (exact) mass is 252 g/mol. The van der Waals surface area contributed by atoms with Crippen LogP contribution in [0.5, 0.6) is 5.75 Å². The van der Waals surface area contributed by atoms with E-state index in [9.17, 15) is 9.59 Å². The Morgan fingerprint density at radius 3 is 2.72 bits per heavy atom. The third-order valence-electron chi connectivity index (χ3n) is 2.11. The van der Waals surface area contributed by atoms with Crippen LogP contribution >= 0.6 is 0 Å². The molecule has 0 unspecified atom stereocenters. The number of hydrogen-bond donors (Lipinski definition) is 3. The topological polar surface area (TPSA) is 102 Å². The largest absolute Gasteiger partial charge is 0.483 e. The predicted molar refractivity (Wildman–Crippen MR) is 65.1 cm³/mol. The number of ether oxygens (including phenoxy) is 1. The van der Waals surface area contributed by atoms with Crippen molar-refractivity contribution in [2.24, 2.45) is 5.73 Å². The summed E-state index contributed by atoms with van der Waals surface area (Å²) in [6, 6.07) is 6.41. The first kappa shape index (κ1) is 14.0. The Bertz CT molecular complexity index is 432. The molecule has 0 aromatic heterocycles. The van der Waals surface area contributed by atoms with Gasteiger partial charge in [-0.25, -0.2) is 0 Å². The first-order valence-corrected chi connectivity index (χ1v) is 5.47. The van der Waals surface area contributed by atoms with Gasteiger partial charge in [0.05, 0.1) is 11.7 Å². The van der Waals surface area contributed by atoms with Gasteiger partial charge in [0.15, 0.2) is 6.61 Å². The zero-order valence-corrected chi connectivity index (χ0v) is 10.1. The van der Waals surface area contributed by atoms with Crippen LogP contribution in [0.25, 0.3) is 0 Å². The molecule has 98 valence electrons. The van der Waals surface area contributed by atoms with E-state index in [1.807, 2.05) is 0 Å². The zero-order chi connectivity index (χ0) is 13.5. The molecule has 0 heterocycles. The van der Waals surface area contributed by atoms with E-state index in [0.717, 1.165) is 0 Å². The number of aliphatic hydroxyl groups is 1. The molecule has 0 saturated heterocycles. The van der Waals surface area contributed by atoms with Gasteiger partial charge in [-0.2, -0.15) is 0 Å². The van der Waals surface area contributed by atoms with Crippen molar-refractivity contribution in [3.63, 3.8) is 0 Å². The molecule has 1 rings (SSSR count). The van der Waals surface area contributed by atoms with Crippen molar-refractivity contribution in [2.45, 2.75) is 13.0 Å². The molecule has 0 bridgehead atoms. The fourth-order valence-corrected chi connectivity index (χ4v) is 1.25. The number of aliphatic hydroxyl groups excluding tert-OH is 1. The van der Waals surface area contributed by atoms with E-state index in [1.54, 1.807) is 25.1 Å². The minimum absolute atomic E-state index is 0.152. The number of amides is 2. The van der Waals surface area contributed by atoms with E-state index < -0.39 is 12.0 Å². The Labute approximate surface area is 105 Å². The summed E-state index contributed by atoms with van der Waals surface area (Å²) >= 11 is 0. The van der Waals surface area contributed by atoms with Gasteiger partial charge in [0.25, 0.3) is 11.8 Å². The first-order valence-electron chi connectivity index (χ1n) is 5.47. The van der Waals surface area contributed by atoms with Gasteiger partial charge in [-0.05, 0) is 19.1 Å². The van der Waals surface area contributed by atoms with E-state index in [-0.39, 0.29) is 30.4 Å². The van der Waals surface area contributed by atoms with Crippen LogP contribution in [0.4, 0.5) is 0 Å². The summed E-state index contributed by atoms with van der Waals surface area (Å²) < 4.78 is 5.20. The molecule has 1 aromatic rings. The van der Waals surface area contributed by atoms with Crippen LogP contribution in [0.15, 0.2) is 24.3 Å². The lowest BCUT2D eigenvalue weighted by Gasteiger charge is -2.10. The number of rotatable bonds is 6. The van der Waals surface area contributed by atoms with Crippen molar-refractivity contribution in [1.82, 2.24) is 5.32 Å². The molecule has 1 aromatic carbocycles. The number of nitrogens with one attached hydrogen (secondary N) is 1. The number of hydrogen-bond acceptors (Lipinski definition) is 4.